The molecule has 234 valence electrons. The average Bonchev–Trinajstić information content (AvgIpc) is 3.94. The van der Waals surface area contributed by atoms with Crippen LogP contribution in [0.5, 0.6) is 0 Å². The van der Waals surface area contributed by atoms with Crippen LogP contribution >= 0.6 is 0 Å². The van der Waals surface area contributed by atoms with Crippen molar-refractivity contribution in [1.82, 2.24) is 0 Å². The van der Waals surface area contributed by atoms with E-state index in [-0.39, 0.29) is 31.8 Å². The third-order valence-corrected chi connectivity index (χ3v) is 12.2. The molecule has 48 heavy (non-hydrogen) atoms. The zero-order chi connectivity index (χ0) is 32.7. The zero-order valence-electron chi connectivity index (χ0n) is 25.7. The van der Waals surface area contributed by atoms with Crippen molar-refractivity contribution in [3.63, 3.8) is 0 Å². The number of nitro benzene ring substituents is 3. The number of fused-ring (bicyclic) bond motifs is 18. The lowest BCUT2D eigenvalue weighted by molar-refractivity contribution is -0.385. The molecule has 0 heterocycles. The predicted molar refractivity (Wildman–Crippen MR) is 180 cm³/mol. The average molecular weight is 634 g/mol. The van der Waals surface area contributed by atoms with Gasteiger partial charge >= 0.3 is 0 Å². The maximum absolute atomic E-state index is 12.2. The number of benzene rings is 4. The van der Waals surface area contributed by atoms with Crippen molar-refractivity contribution in [2.75, 3.05) is 0 Å². The van der Waals surface area contributed by atoms with Gasteiger partial charge in [0.1, 0.15) is 0 Å². The summed E-state index contributed by atoms with van der Waals surface area (Å²) >= 11 is 0. The Kier molecular flexibility index (Phi) is 5.03. The molecular formula is C39H27N3O6. The number of hydrogen-bond acceptors (Lipinski definition) is 6. The quantitative estimate of drug-likeness (QED) is 0.126. The summed E-state index contributed by atoms with van der Waals surface area (Å²) in [6.45, 7) is 0. The van der Waals surface area contributed by atoms with Gasteiger partial charge in [0.15, 0.2) is 0 Å². The van der Waals surface area contributed by atoms with E-state index in [0.29, 0.717) is 38.5 Å². The van der Waals surface area contributed by atoms with Crippen molar-refractivity contribution in [1.29, 1.82) is 0 Å². The molecule has 0 bridgehead atoms. The second kappa shape index (κ2) is 8.80. The molecule has 0 atom stereocenters. The van der Waals surface area contributed by atoms with Crippen LogP contribution in [0.25, 0.3) is 33.4 Å². The molecule has 0 aromatic heterocycles. The summed E-state index contributed by atoms with van der Waals surface area (Å²) in [5.41, 5.74) is 10.9. The van der Waals surface area contributed by atoms with Crippen LogP contribution in [0.1, 0.15) is 71.9 Å². The van der Waals surface area contributed by atoms with Crippen LogP contribution < -0.4 is 0 Å². The number of nitrogens with zero attached hydrogens (tertiary/aromatic N) is 3. The topological polar surface area (TPSA) is 129 Å². The van der Waals surface area contributed by atoms with Gasteiger partial charge in [-0.05, 0) is 123 Å². The summed E-state index contributed by atoms with van der Waals surface area (Å²) in [7, 11) is 0. The van der Waals surface area contributed by atoms with E-state index in [2.05, 4.69) is 36.5 Å². The van der Waals surface area contributed by atoms with Crippen LogP contribution in [0.3, 0.4) is 0 Å². The third kappa shape index (κ3) is 2.99. The first kappa shape index (κ1) is 27.4. The molecule has 4 aromatic rings. The predicted octanol–water partition coefficient (Wildman–Crippen LogP) is 9.26. The Labute approximate surface area is 274 Å². The van der Waals surface area contributed by atoms with Crippen molar-refractivity contribution in [2.45, 2.75) is 54.8 Å². The molecule has 6 aliphatic rings. The summed E-state index contributed by atoms with van der Waals surface area (Å²) < 4.78 is 0. The summed E-state index contributed by atoms with van der Waals surface area (Å²) in [6, 6.07) is 15.8. The molecular weight excluding hydrogens is 606 g/mol. The van der Waals surface area contributed by atoms with Crippen molar-refractivity contribution >= 4 is 17.1 Å². The molecule has 3 spiro atoms. The Balaban J connectivity index is 1.43. The normalized spacial score (nSPS) is 19.5. The fourth-order valence-electron chi connectivity index (χ4n) is 10.4. The maximum Gasteiger partial charge on any atom is 0.269 e. The van der Waals surface area contributed by atoms with E-state index in [1.807, 2.05) is 18.2 Å². The van der Waals surface area contributed by atoms with E-state index in [1.165, 1.54) is 0 Å². The number of rotatable bonds is 3. The molecule has 0 N–H and O–H groups in total. The number of non-ortho nitro benzene ring substituents is 3. The van der Waals surface area contributed by atoms with Crippen molar-refractivity contribution in [2.24, 2.45) is 0 Å². The maximum atomic E-state index is 12.2. The lowest BCUT2D eigenvalue weighted by Gasteiger charge is -2.35. The van der Waals surface area contributed by atoms with E-state index >= 15 is 0 Å². The van der Waals surface area contributed by atoms with Crippen LogP contribution in [0.15, 0.2) is 91.1 Å². The fourth-order valence-corrected chi connectivity index (χ4v) is 10.4. The van der Waals surface area contributed by atoms with Crippen molar-refractivity contribution < 1.29 is 14.8 Å². The second-order valence-electron chi connectivity index (χ2n) is 14.1. The van der Waals surface area contributed by atoms with E-state index in [0.717, 1.165) is 66.8 Å². The van der Waals surface area contributed by atoms with Gasteiger partial charge in [0, 0.05) is 52.6 Å². The summed E-state index contributed by atoms with van der Waals surface area (Å²) in [4.78, 5) is 35.5. The first-order valence-corrected chi connectivity index (χ1v) is 16.3. The molecule has 6 aliphatic carbocycles. The van der Waals surface area contributed by atoms with E-state index in [4.69, 9.17) is 0 Å². The van der Waals surface area contributed by atoms with E-state index < -0.39 is 16.2 Å². The second-order valence-corrected chi connectivity index (χ2v) is 14.1. The molecule has 0 amide bonds. The number of nitro groups is 3. The molecule has 4 aromatic carbocycles. The molecule has 0 unspecified atom stereocenters. The first-order chi connectivity index (χ1) is 23.2. The highest BCUT2D eigenvalue weighted by Gasteiger charge is 2.58. The third-order valence-electron chi connectivity index (χ3n) is 12.2. The van der Waals surface area contributed by atoms with Gasteiger partial charge in [0.2, 0.25) is 0 Å². The Morgan fingerprint density at radius 2 is 0.667 bits per heavy atom. The van der Waals surface area contributed by atoms with Gasteiger partial charge in [-0.3, -0.25) is 30.3 Å². The molecule has 0 fully saturated rings. The zero-order valence-corrected chi connectivity index (χ0v) is 25.7. The Morgan fingerprint density at radius 3 is 0.896 bits per heavy atom. The highest BCUT2D eigenvalue weighted by Crippen LogP contribution is 2.72. The van der Waals surface area contributed by atoms with Crippen LogP contribution in [-0.4, -0.2) is 14.8 Å². The molecule has 0 saturated carbocycles. The largest absolute Gasteiger partial charge is 0.269 e. The lowest BCUT2D eigenvalue weighted by Crippen LogP contribution is -2.27. The van der Waals surface area contributed by atoms with Gasteiger partial charge in [0.05, 0.1) is 14.8 Å². The van der Waals surface area contributed by atoms with Crippen LogP contribution in [0.4, 0.5) is 17.1 Å². The monoisotopic (exact) mass is 633 g/mol. The summed E-state index contributed by atoms with van der Waals surface area (Å²) in [5.74, 6) is 0. The molecule has 10 rings (SSSR count). The highest BCUT2D eigenvalue weighted by molar-refractivity contribution is 6.06. The van der Waals surface area contributed by atoms with Gasteiger partial charge in [-0.15, -0.1) is 0 Å². The standard InChI is InChI=1S/C39H27N3O6/c43-40(44)22-7-10-25-28(19-22)37(13-1-2-14-37)34-31(25)35-33(27-12-9-24(42(47)48)21-30(27)39(35)17-5-6-18-39)36-32(34)26-11-8-23(41(45)46)20-29(26)38(36)15-3-4-16-38/h1-12,19-21H,13-18H2. The molecule has 9 nitrogen and oxygen atoms in total. The minimum atomic E-state index is -0.555. The minimum Gasteiger partial charge on any atom is -0.258 e. The lowest BCUT2D eigenvalue weighted by atomic mass is 9.67. The molecule has 0 radical (unpaired) electrons. The van der Waals surface area contributed by atoms with Gasteiger partial charge in [-0.2, -0.15) is 0 Å². The summed E-state index contributed by atoms with van der Waals surface area (Å²) in [5, 5.41) is 36.5. The van der Waals surface area contributed by atoms with Crippen LogP contribution in [0.2, 0.25) is 0 Å². The molecule has 0 aliphatic heterocycles. The highest BCUT2D eigenvalue weighted by atomic mass is 16.6. The SMILES string of the molecule is O=[N+]([O-])c1ccc2c(c1)C1(CC=CC1)c1c-2c2c(c3c1-c1ccc([N+](=O)[O-])cc1C31CC=CC1)-c1ccc([N+](=O)[O-])cc1C21CC=CC1. The molecule has 9 heteroatoms. The van der Waals surface area contributed by atoms with Crippen molar-refractivity contribution in [3.05, 3.63) is 155 Å². The van der Waals surface area contributed by atoms with E-state index in [1.54, 1.807) is 36.4 Å². The Morgan fingerprint density at radius 1 is 0.417 bits per heavy atom. The molecule has 0 saturated heterocycles. The fraction of sp³-hybridized carbons (Fsp3) is 0.231. The van der Waals surface area contributed by atoms with Crippen LogP contribution in [0, 0.1) is 30.3 Å². The van der Waals surface area contributed by atoms with Gasteiger partial charge in [-0.25, -0.2) is 0 Å². The Hall–Kier alpha value is -5.70. The summed E-state index contributed by atoms with van der Waals surface area (Å²) in [6.07, 6.45) is 17.1. The van der Waals surface area contributed by atoms with Crippen molar-refractivity contribution in [3.8, 4) is 33.4 Å². The number of hydrogen-bond donors (Lipinski definition) is 0. The minimum absolute atomic E-state index is 0.0461. The van der Waals surface area contributed by atoms with Gasteiger partial charge in [0.25, 0.3) is 17.1 Å². The number of allylic oxidation sites excluding steroid dienone is 6. The van der Waals surface area contributed by atoms with E-state index in [9.17, 15) is 30.3 Å². The van der Waals surface area contributed by atoms with Gasteiger partial charge in [-0.1, -0.05) is 36.5 Å². The van der Waals surface area contributed by atoms with Crippen LogP contribution in [-0.2, 0) is 16.2 Å². The van der Waals surface area contributed by atoms with Gasteiger partial charge < -0.3 is 0 Å². The smallest absolute Gasteiger partial charge is 0.258 e. The Bertz CT molecular complexity index is 2060. The first-order valence-electron chi connectivity index (χ1n) is 16.3.